The highest BCUT2D eigenvalue weighted by atomic mass is 35.5. The molecule has 2 rings (SSSR count). The lowest BCUT2D eigenvalue weighted by Gasteiger charge is -2.17. The van der Waals surface area contributed by atoms with E-state index in [0.29, 0.717) is 12.7 Å². The maximum absolute atomic E-state index is 6.19. The Kier molecular flexibility index (Phi) is 5.75. The van der Waals surface area contributed by atoms with E-state index in [1.165, 1.54) is 11.3 Å². The molecule has 21 heavy (non-hydrogen) atoms. The summed E-state index contributed by atoms with van der Waals surface area (Å²) in [6, 6.07) is 8.22. The zero-order chi connectivity index (χ0) is 15.4. The van der Waals surface area contributed by atoms with Crippen LogP contribution in [0.4, 0.5) is 5.13 Å². The Hall–Kier alpha value is -0.950. The number of anilines is 1. The van der Waals surface area contributed by atoms with E-state index in [1.807, 2.05) is 36.0 Å². The molecule has 7 heteroatoms. The van der Waals surface area contributed by atoms with Gasteiger partial charge in [-0.1, -0.05) is 41.1 Å². The van der Waals surface area contributed by atoms with Crippen LogP contribution in [0, 0.1) is 3.95 Å². The van der Waals surface area contributed by atoms with Gasteiger partial charge in [-0.2, -0.15) is 0 Å². The van der Waals surface area contributed by atoms with Gasteiger partial charge in [-0.25, -0.2) is 4.68 Å². The third-order valence-electron chi connectivity index (χ3n) is 2.79. The molecule has 0 amide bonds. The molecule has 0 saturated heterocycles. The standard InChI is InChI=1S/C14H19ClN4S2/c1-10(2)16-13-17-19(14(20)21-13)9-18(3)8-11-6-4-5-7-12(11)15/h4-7,10H,8-9H2,1-3H3,(H,16,17). The quantitative estimate of drug-likeness (QED) is 0.796. The van der Waals surface area contributed by atoms with Crippen molar-refractivity contribution >= 4 is 40.3 Å². The second kappa shape index (κ2) is 7.35. The highest BCUT2D eigenvalue weighted by Gasteiger charge is 2.08. The van der Waals surface area contributed by atoms with Crippen LogP contribution in [-0.2, 0) is 13.2 Å². The Morgan fingerprint density at radius 2 is 2.14 bits per heavy atom. The molecule has 1 N–H and O–H groups in total. The van der Waals surface area contributed by atoms with E-state index in [2.05, 4.69) is 29.2 Å². The summed E-state index contributed by atoms with van der Waals surface area (Å²) in [5, 5.41) is 9.43. The van der Waals surface area contributed by atoms with Crippen LogP contribution < -0.4 is 5.32 Å². The van der Waals surface area contributed by atoms with Crippen molar-refractivity contribution < 1.29 is 0 Å². The molecule has 1 aromatic heterocycles. The molecule has 114 valence electrons. The van der Waals surface area contributed by atoms with Crippen LogP contribution in [-0.4, -0.2) is 27.8 Å². The molecule has 1 heterocycles. The summed E-state index contributed by atoms with van der Waals surface area (Å²) >= 11 is 13.0. The first-order valence-corrected chi connectivity index (χ1v) is 8.32. The van der Waals surface area contributed by atoms with Crippen LogP contribution in [0.2, 0.25) is 5.02 Å². The van der Waals surface area contributed by atoms with Gasteiger partial charge >= 0.3 is 0 Å². The van der Waals surface area contributed by atoms with Gasteiger partial charge in [0.2, 0.25) is 5.13 Å². The van der Waals surface area contributed by atoms with Crippen LogP contribution >= 0.6 is 35.2 Å². The summed E-state index contributed by atoms with van der Waals surface area (Å²) < 4.78 is 2.60. The minimum absolute atomic E-state index is 0.347. The highest BCUT2D eigenvalue weighted by Crippen LogP contribution is 2.18. The minimum Gasteiger partial charge on any atom is -0.358 e. The highest BCUT2D eigenvalue weighted by molar-refractivity contribution is 7.73. The first-order valence-electron chi connectivity index (χ1n) is 6.72. The van der Waals surface area contributed by atoms with Gasteiger partial charge in [0, 0.05) is 17.6 Å². The third-order valence-corrected chi connectivity index (χ3v) is 4.40. The Morgan fingerprint density at radius 1 is 1.43 bits per heavy atom. The molecule has 0 aliphatic carbocycles. The maximum Gasteiger partial charge on any atom is 0.204 e. The van der Waals surface area contributed by atoms with E-state index < -0.39 is 0 Å². The normalized spacial score (nSPS) is 11.3. The molecule has 0 atom stereocenters. The summed E-state index contributed by atoms with van der Waals surface area (Å²) in [4.78, 5) is 2.13. The number of hydrogen-bond donors (Lipinski definition) is 1. The third kappa shape index (κ3) is 4.78. The van der Waals surface area contributed by atoms with Crippen LogP contribution in [0.15, 0.2) is 24.3 Å². The number of aromatic nitrogens is 2. The average molecular weight is 343 g/mol. The van der Waals surface area contributed by atoms with Gasteiger partial charge in [0.25, 0.3) is 0 Å². The zero-order valence-corrected chi connectivity index (χ0v) is 14.7. The first-order chi connectivity index (χ1) is 9.95. The van der Waals surface area contributed by atoms with Crippen LogP contribution in [0.1, 0.15) is 19.4 Å². The fourth-order valence-electron chi connectivity index (χ4n) is 1.90. The number of nitrogens with one attached hydrogen (secondary N) is 1. The molecular weight excluding hydrogens is 324 g/mol. The summed E-state index contributed by atoms with van der Waals surface area (Å²) in [5.41, 5.74) is 1.10. The van der Waals surface area contributed by atoms with Crippen molar-refractivity contribution in [1.29, 1.82) is 0 Å². The van der Waals surface area contributed by atoms with Crippen molar-refractivity contribution in [2.75, 3.05) is 12.4 Å². The minimum atomic E-state index is 0.347. The van der Waals surface area contributed by atoms with E-state index in [-0.39, 0.29) is 0 Å². The molecule has 0 radical (unpaired) electrons. The van der Waals surface area contributed by atoms with E-state index in [1.54, 1.807) is 0 Å². The molecular formula is C14H19ClN4S2. The topological polar surface area (TPSA) is 33.1 Å². The van der Waals surface area contributed by atoms with Gasteiger partial charge in [-0.15, -0.1) is 5.10 Å². The predicted molar refractivity (Wildman–Crippen MR) is 92.6 cm³/mol. The molecule has 0 aliphatic heterocycles. The molecule has 0 saturated carbocycles. The van der Waals surface area contributed by atoms with Crippen molar-refractivity contribution in [2.24, 2.45) is 0 Å². The molecule has 0 spiro atoms. The van der Waals surface area contributed by atoms with Gasteiger partial charge in [-0.05, 0) is 44.7 Å². The van der Waals surface area contributed by atoms with E-state index in [9.17, 15) is 0 Å². The lowest BCUT2D eigenvalue weighted by atomic mass is 10.2. The first kappa shape index (κ1) is 16.4. The maximum atomic E-state index is 6.19. The Labute approximate surface area is 139 Å². The molecule has 0 bridgehead atoms. The Balaban J connectivity index is 2.03. The number of rotatable bonds is 6. The number of halogens is 1. The fraction of sp³-hybridized carbons (Fsp3) is 0.429. The second-order valence-corrected chi connectivity index (χ2v) is 7.25. The molecule has 0 aliphatic rings. The summed E-state index contributed by atoms with van der Waals surface area (Å²) in [6.45, 7) is 5.56. The second-order valence-electron chi connectivity index (χ2n) is 5.22. The zero-order valence-electron chi connectivity index (χ0n) is 12.3. The van der Waals surface area contributed by atoms with Gasteiger partial charge in [0.1, 0.15) is 0 Å². The molecule has 4 nitrogen and oxygen atoms in total. The van der Waals surface area contributed by atoms with Crippen molar-refractivity contribution in [2.45, 2.75) is 33.1 Å². The number of nitrogens with zero attached hydrogens (tertiary/aromatic N) is 3. The van der Waals surface area contributed by atoms with Gasteiger partial charge in [0.05, 0.1) is 6.67 Å². The fourth-order valence-corrected chi connectivity index (χ4v) is 3.23. The summed E-state index contributed by atoms with van der Waals surface area (Å²) in [6.07, 6.45) is 0. The smallest absolute Gasteiger partial charge is 0.204 e. The Bertz CT molecular complexity index is 650. The lowest BCUT2D eigenvalue weighted by molar-refractivity contribution is 0.245. The van der Waals surface area contributed by atoms with Crippen LogP contribution in [0.5, 0.6) is 0 Å². The largest absolute Gasteiger partial charge is 0.358 e. The molecule has 1 aromatic carbocycles. The van der Waals surface area contributed by atoms with Crippen LogP contribution in [0.3, 0.4) is 0 Å². The SMILES string of the molecule is CC(C)Nc1nn(CN(C)Cc2ccccc2Cl)c(=S)s1. The Morgan fingerprint density at radius 3 is 2.81 bits per heavy atom. The van der Waals surface area contributed by atoms with E-state index in [4.69, 9.17) is 23.8 Å². The van der Waals surface area contributed by atoms with Crippen molar-refractivity contribution in [3.8, 4) is 0 Å². The summed E-state index contributed by atoms with van der Waals surface area (Å²) in [5.74, 6) is 0. The lowest BCUT2D eigenvalue weighted by Crippen LogP contribution is -2.22. The van der Waals surface area contributed by atoms with Crippen LogP contribution in [0.25, 0.3) is 0 Å². The van der Waals surface area contributed by atoms with Gasteiger partial charge < -0.3 is 5.32 Å². The predicted octanol–water partition coefficient (Wildman–Crippen LogP) is 4.24. The number of benzene rings is 1. The van der Waals surface area contributed by atoms with E-state index in [0.717, 1.165) is 26.2 Å². The molecule has 0 fully saturated rings. The molecule has 2 aromatic rings. The van der Waals surface area contributed by atoms with Crippen molar-refractivity contribution in [1.82, 2.24) is 14.7 Å². The monoisotopic (exact) mass is 342 g/mol. The van der Waals surface area contributed by atoms with Gasteiger partial charge in [-0.3, -0.25) is 4.90 Å². The van der Waals surface area contributed by atoms with Crippen molar-refractivity contribution in [3.63, 3.8) is 0 Å². The molecule has 0 unspecified atom stereocenters. The van der Waals surface area contributed by atoms with Crippen molar-refractivity contribution in [3.05, 3.63) is 38.8 Å². The van der Waals surface area contributed by atoms with E-state index >= 15 is 0 Å². The summed E-state index contributed by atoms with van der Waals surface area (Å²) in [7, 11) is 2.03. The average Bonchev–Trinajstić information content (AvgIpc) is 2.71. The number of hydrogen-bond acceptors (Lipinski definition) is 5. The van der Waals surface area contributed by atoms with Gasteiger partial charge in [0.15, 0.2) is 3.95 Å².